The Labute approximate surface area is 73.2 Å². The molecule has 12 heavy (non-hydrogen) atoms. The van der Waals surface area contributed by atoms with Crippen molar-refractivity contribution in [1.29, 1.82) is 0 Å². The second kappa shape index (κ2) is 2.38. The van der Waals surface area contributed by atoms with Crippen molar-refractivity contribution in [1.82, 2.24) is 0 Å². The summed E-state index contributed by atoms with van der Waals surface area (Å²) in [6.45, 7) is 7.73. The van der Waals surface area contributed by atoms with E-state index in [1.165, 1.54) is 18.6 Å². The van der Waals surface area contributed by atoms with Gasteiger partial charge < -0.3 is 0 Å². The minimum absolute atomic E-state index is 0.188. The van der Waals surface area contributed by atoms with Crippen molar-refractivity contribution < 1.29 is 4.70 Å². The predicted octanol–water partition coefficient (Wildman–Crippen LogP) is 2.03. The summed E-state index contributed by atoms with van der Waals surface area (Å²) in [5, 5.41) is 8.43. The van der Waals surface area contributed by atoms with Crippen LogP contribution in [0, 0.1) is 5.41 Å². The zero-order valence-electron chi connectivity index (χ0n) is 8.04. The number of rotatable bonds is 0. The van der Waals surface area contributed by atoms with Gasteiger partial charge in [-0.15, -0.1) is 0 Å². The monoisotopic (exact) mass is 166 g/mol. The molecule has 1 saturated heterocycles. The molecule has 2 aliphatic heterocycles. The van der Waals surface area contributed by atoms with Gasteiger partial charge in [0.1, 0.15) is 11.8 Å². The van der Waals surface area contributed by atoms with Crippen LogP contribution in [0.15, 0.2) is 10.3 Å². The lowest BCUT2D eigenvalue weighted by atomic mass is 9.85. The highest BCUT2D eigenvalue weighted by molar-refractivity contribution is 5.93. The minimum atomic E-state index is 0.188. The van der Waals surface area contributed by atoms with Crippen LogP contribution >= 0.6 is 0 Å². The van der Waals surface area contributed by atoms with Crippen molar-refractivity contribution in [3.05, 3.63) is 0 Å². The SMILES string of the molecule is CC(C)(C)C1=NN=[N+]2CCCC12. The molecule has 1 unspecified atom stereocenters. The fourth-order valence-corrected chi connectivity index (χ4v) is 1.96. The molecule has 0 spiro atoms. The van der Waals surface area contributed by atoms with E-state index in [-0.39, 0.29) is 5.41 Å². The van der Waals surface area contributed by atoms with Crippen molar-refractivity contribution in [2.24, 2.45) is 15.7 Å². The van der Waals surface area contributed by atoms with E-state index in [1.807, 2.05) is 0 Å². The summed E-state index contributed by atoms with van der Waals surface area (Å²) < 4.78 is 2.13. The molecule has 0 aromatic rings. The van der Waals surface area contributed by atoms with E-state index in [4.69, 9.17) is 0 Å². The van der Waals surface area contributed by atoms with Gasteiger partial charge in [0, 0.05) is 11.8 Å². The number of hydrogen-bond donors (Lipinski definition) is 0. The lowest BCUT2D eigenvalue weighted by Crippen LogP contribution is -2.33. The van der Waals surface area contributed by atoms with Crippen molar-refractivity contribution >= 4 is 5.71 Å². The fraction of sp³-hybridized carbons (Fsp3) is 0.889. The van der Waals surface area contributed by atoms with Crippen LogP contribution in [0.1, 0.15) is 33.6 Å². The largest absolute Gasteiger partial charge is 0.209 e. The molecule has 0 bridgehead atoms. The first kappa shape index (κ1) is 7.90. The maximum absolute atomic E-state index is 4.26. The van der Waals surface area contributed by atoms with Crippen LogP contribution in [0.3, 0.4) is 0 Å². The van der Waals surface area contributed by atoms with Gasteiger partial charge in [-0.1, -0.05) is 20.8 Å². The average Bonchev–Trinajstić information content (AvgIpc) is 2.37. The van der Waals surface area contributed by atoms with Gasteiger partial charge in [0.2, 0.25) is 5.71 Å². The zero-order chi connectivity index (χ0) is 8.77. The van der Waals surface area contributed by atoms with Crippen molar-refractivity contribution in [2.45, 2.75) is 39.7 Å². The maximum atomic E-state index is 4.26. The highest BCUT2D eigenvalue weighted by atomic mass is 15.5. The first-order valence-electron chi connectivity index (χ1n) is 4.64. The highest BCUT2D eigenvalue weighted by Gasteiger charge is 2.44. The van der Waals surface area contributed by atoms with Gasteiger partial charge in [-0.25, -0.2) is 0 Å². The van der Waals surface area contributed by atoms with E-state index in [2.05, 4.69) is 35.8 Å². The molecule has 0 radical (unpaired) electrons. The minimum Gasteiger partial charge on any atom is -0.154 e. The van der Waals surface area contributed by atoms with Gasteiger partial charge >= 0.3 is 0 Å². The van der Waals surface area contributed by atoms with Crippen molar-refractivity contribution in [2.75, 3.05) is 6.54 Å². The topological polar surface area (TPSA) is 27.7 Å². The Balaban J connectivity index is 2.23. The summed E-state index contributed by atoms with van der Waals surface area (Å²) in [6, 6.07) is 0.519. The molecular formula is C9H16N3+. The summed E-state index contributed by atoms with van der Waals surface area (Å²) >= 11 is 0. The molecule has 2 heterocycles. The lowest BCUT2D eigenvalue weighted by molar-refractivity contribution is -0.588. The summed E-state index contributed by atoms with van der Waals surface area (Å²) in [5.41, 5.74) is 1.45. The smallest absolute Gasteiger partial charge is 0.154 e. The molecule has 0 saturated carbocycles. The fourth-order valence-electron chi connectivity index (χ4n) is 1.96. The van der Waals surface area contributed by atoms with Crippen LogP contribution in [0.2, 0.25) is 0 Å². The molecule has 0 aromatic heterocycles. The quantitative estimate of drug-likeness (QED) is 0.492. The third-order valence-electron chi connectivity index (χ3n) is 2.58. The molecule has 3 nitrogen and oxygen atoms in total. The van der Waals surface area contributed by atoms with Gasteiger partial charge in [-0.3, -0.25) is 0 Å². The van der Waals surface area contributed by atoms with Crippen LogP contribution in [0.25, 0.3) is 0 Å². The summed E-state index contributed by atoms with van der Waals surface area (Å²) in [5.74, 6) is 0. The standard InChI is InChI=1S/C9H16N3/c1-9(2,3)8-7-5-4-6-12(7)11-10-8/h7H,4-6H2,1-3H3/q+1. The Morgan fingerprint density at radius 3 is 2.83 bits per heavy atom. The van der Waals surface area contributed by atoms with Crippen LogP contribution in [-0.2, 0) is 0 Å². The van der Waals surface area contributed by atoms with E-state index in [0.29, 0.717) is 6.04 Å². The van der Waals surface area contributed by atoms with E-state index >= 15 is 0 Å². The lowest BCUT2D eigenvalue weighted by Gasteiger charge is -2.16. The average molecular weight is 166 g/mol. The van der Waals surface area contributed by atoms with Crippen LogP contribution in [0.4, 0.5) is 0 Å². The summed E-state index contributed by atoms with van der Waals surface area (Å²) in [6.07, 6.45) is 2.50. The highest BCUT2D eigenvalue weighted by Crippen LogP contribution is 2.29. The molecule has 66 valence electrons. The summed E-state index contributed by atoms with van der Waals surface area (Å²) in [4.78, 5) is 0. The Kier molecular flexibility index (Phi) is 1.56. The van der Waals surface area contributed by atoms with Gasteiger partial charge in [0.05, 0.1) is 5.10 Å². The Bertz CT molecular complexity index is 257. The molecule has 0 amide bonds. The maximum Gasteiger partial charge on any atom is 0.209 e. The van der Waals surface area contributed by atoms with Crippen LogP contribution in [-0.4, -0.2) is 23.0 Å². The Morgan fingerprint density at radius 1 is 1.42 bits per heavy atom. The van der Waals surface area contributed by atoms with Crippen molar-refractivity contribution in [3.63, 3.8) is 0 Å². The molecule has 3 heteroatoms. The molecule has 1 atom stereocenters. The molecule has 1 fully saturated rings. The third kappa shape index (κ3) is 1.08. The van der Waals surface area contributed by atoms with Crippen molar-refractivity contribution in [3.8, 4) is 0 Å². The molecule has 0 aliphatic carbocycles. The third-order valence-corrected chi connectivity index (χ3v) is 2.58. The first-order valence-corrected chi connectivity index (χ1v) is 4.64. The number of hydrogen-bond acceptors (Lipinski definition) is 2. The van der Waals surface area contributed by atoms with Gasteiger partial charge in [-0.05, 0) is 6.42 Å². The van der Waals surface area contributed by atoms with Gasteiger partial charge in [0.25, 0.3) is 0 Å². The predicted molar refractivity (Wildman–Crippen MR) is 47.5 cm³/mol. The molecular weight excluding hydrogens is 150 g/mol. The van der Waals surface area contributed by atoms with Crippen LogP contribution in [0.5, 0.6) is 0 Å². The second-order valence-corrected chi connectivity index (χ2v) is 4.65. The number of fused-ring (bicyclic) bond motifs is 1. The first-order chi connectivity index (χ1) is 5.59. The van der Waals surface area contributed by atoms with E-state index in [1.54, 1.807) is 0 Å². The number of nitrogens with zero attached hydrogens (tertiary/aromatic N) is 3. The van der Waals surface area contributed by atoms with Gasteiger partial charge in [0.15, 0.2) is 6.04 Å². The van der Waals surface area contributed by atoms with E-state index < -0.39 is 0 Å². The normalized spacial score (nSPS) is 28.4. The molecule has 0 aromatic carbocycles. The zero-order valence-corrected chi connectivity index (χ0v) is 8.04. The van der Waals surface area contributed by atoms with Crippen LogP contribution < -0.4 is 0 Å². The van der Waals surface area contributed by atoms with Gasteiger partial charge in [-0.2, -0.15) is 4.70 Å². The Hall–Kier alpha value is -0.730. The molecule has 0 N–H and O–H groups in total. The van der Waals surface area contributed by atoms with E-state index in [9.17, 15) is 0 Å². The summed E-state index contributed by atoms with van der Waals surface area (Å²) in [7, 11) is 0. The molecule has 2 aliphatic rings. The Morgan fingerprint density at radius 2 is 2.17 bits per heavy atom. The molecule has 2 rings (SSSR count). The van der Waals surface area contributed by atoms with E-state index in [0.717, 1.165) is 6.54 Å². The second-order valence-electron chi connectivity index (χ2n) is 4.65.